The van der Waals surface area contributed by atoms with Crippen LogP contribution in [0.25, 0.3) is 0 Å². The Morgan fingerprint density at radius 1 is 1.62 bits per heavy atom. The van der Waals surface area contributed by atoms with Crippen molar-refractivity contribution in [2.24, 2.45) is 0 Å². The Balaban J connectivity index is 3.99. The third kappa shape index (κ3) is 4.24. The van der Waals surface area contributed by atoms with Gasteiger partial charge in [0.15, 0.2) is 0 Å². The molecule has 0 fully saturated rings. The topological polar surface area (TPSA) is 58.6 Å². The van der Waals surface area contributed by atoms with Crippen LogP contribution >= 0.6 is 0 Å². The fraction of sp³-hybridized carbons (Fsp3) is 0.889. The van der Waals surface area contributed by atoms with E-state index in [4.69, 9.17) is 9.84 Å². The van der Waals surface area contributed by atoms with Gasteiger partial charge in [0, 0.05) is 19.8 Å². The predicted molar refractivity (Wildman–Crippen MR) is 50.4 cm³/mol. The van der Waals surface area contributed by atoms with E-state index in [1.165, 1.54) is 7.11 Å². The van der Waals surface area contributed by atoms with E-state index in [0.29, 0.717) is 6.42 Å². The quantitative estimate of drug-likeness (QED) is 0.654. The standard InChI is InChI=1S/C9H19NO3/c1-7(5-6-11)10-8(12)9(2,3)13-4/h7,11H,5-6H2,1-4H3,(H,10,12). The number of amides is 1. The molecule has 1 unspecified atom stereocenters. The van der Waals surface area contributed by atoms with Gasteiger partial charge in [-0.1, -0.05) is 0 Å². The summed E-state index contributed by atoms with van der Waals surface area (Å²) in [4.78, 5) is 11.5. The van der Waals surface area contributed by atoms with E-state index in [-0.39, 0.29) is 18.6 Å². The maximum Gasteiger partial charge on any atom is 0.251 e. The molecule has 0 aliphatic heterocycles. The van der Waals surface area contributed by atoms with Crippen LogP contribution in [0.4, 0.5) is 0 Å². The SMILES string of the molecule is COC(C)(C)C(=O)NC(C)CCO. The molecule has 1 atom stereocenters. The fourth-order valence-electron chi connectivity index (χ4n) is 0.756. The van der Waals surface area contributed by atoms with Gasteiger partial charge in [0.05, 0.1) is 0 Å². The van der Waals surface area contributed by atoms with E-state index >= 15 is 0 Å². The molecule has 0 spiro atoms. The second-order valence-corrected chi connectivity index (χ2v) is 3.60. The molecule has 0 saturated heterocycles. The fourth-order valence-corrected chi connectivity index (χ4v) is 0.756. The maximum absolute atomic E-state index is 11.5. The van der Waals surface area contributed by atoms with Crippen molar-refractivity contribution in [3.8, 4) is 0 Å². The Morgan fingerprint density at radius 3 is 2.54 bits per heavy atom. The first-order chi connectivity index (χ1) is 5.94. The first-order valence-corrected chi connectivity index (χ1v) is 4.41. The van der Waals surface area contributed by atoms with Crippen LogP contribution in [0.5, 0.6) is 0 Å². The highest BCUT2D eigenvalue weighted by atomic mass is 16.5. The molecule has 4 nitrogen and oxygen atoms in total. The van der Waals surface area contributed by atoms with Crippen LogP contribution in [0.3, 0.4) is 0 Å². The average Bonchev–Trinajstić information content (AvgIpc) is 2.04. The molecule has 0 aromatic carbocycles. The number of hydrogen-bond donors (Lipinski definition) is 2. The van der Waals surface area contributed by atoms with Gasteiger partial charge in [-0.3, -0.25) is 4.79 Å². The molecule has 0 heterocycles. The van der Waals surface area contributed by atoms with Crippen LogP contribution in [0.2, 0.25) is 0 Å². The van der Waals surface area contributed by atoms with Gasteiger partial charge in [0.2, 0.25) is 0 Å². The summed E-state index contributed by atoms with van der Waals surface area (Å²) in [5.74, 6) is -0.157. The van der Waals surface area contributed by atoms with Gasteiger partial charge in [0.1, 0.15) is 5.60 Å². The molecule has 2 N–H and O–H groups in total. The first-order valence-electron chi connectivity index (χ1n) is 4.41. The van der Waals surface area contributed by atoms with E-state index in [1.54, 1.807) is 13.8 Å². The van der Waals surface area contributed by atoms with Crippen LogP contribution < -0.4 is 5.32 Å². The smallest absolute Gasteiger partial charge is 0.251 e. The molecule has 78 valence electrons. The first kappa shape index (κ1) is 12.4. The molecule has 0 bridgehead atoms. The Labute approximate surface area is 79.3 Å². The molecule has 0 aliphatic rings. The van der Waals surface area contributed by atoms with E-state index in [1.807, 2.05) is 6.92 Å². The zero-order valence-corrected chi connectivity index (χ0v) is 8.76. The second kappa shape index (κ2) is 5.19. The Kier molecular flexibility index (Phi) is 4.95. The van der Waals surface area contributed by atoms with Gasteiger partial charge >= 0.3 is 0 Å². The summed E-state index contributed by atoms with van der Waals surface area (Å²) in [6, 6.07) is -0.0214. The molecule has 4 heteroatoms. The Morgan fingerprint density at radius 2 is 2.15 bits per heavy atom. The van der Waals surface area contributed by atoms with Crippen molar-refractivity contribution in [2.75, 3.05) is 13.7 Å². The third-order valence-corrected chi connectivity index (χ3v) is 2.00. The van der Waals surface area contributed by atoms with E-state index < -0.39 is 5.60 Å². The normalized spacial score (nSPS) is 13.9. The number of methoxy groups -OCH3 is 1. The summed E-state index contributed by atoms with van der Waals surface area (Å²) in [6.45, 7) is 5.33. The number of ether oxygens (including phenoxy) is 1. The summed E-state index contributed by atoms with van der Waals surface area (Å²) < 4.78 is 5.00. The van der Waals surface area contributed by atoms with Gasteiger partial charge in [-0.25, -0.2) is 0 Å². The van der Waals surface area contributed by atoms with Crippen LogP contribution in [-0.2, 0) is 9.53 Å². The van der Waals surface area contributed by atoms with E-state index in [9.17, 15) is 4.79 Å². The van der Waals surface area contributed by atoms with Crippen molar-refractivity contribution in [1.82, 2.24) is 5.32 Å². The number of rotatable bonds is 5. The summed E-state index contributed by atoms with van der Waals surface area (Å²) >= 11 is 0. The van der Waals surface area contributed by atoms with Gasteiger partial charge in [-0.2, -0.15) is 0 Å². The molecule has 1 amide bonds. The lowest BCUT2D eigenvalue weighted by molar-refractivity contribution is -0.140. The summed E-state index contributed by atoms with van der Waals surface area (Å²) in [5.41, 5.74) is -0.802. The number of carbonyl (C=O) groups is 1. The van der Waals surface area contributed by atoms with Gasteiger partial charge < -0.3 is 15.2 Å². The molecule has 0 saturated carbocycles. The number of aliphatic hydroxyl groups excluding tert-OH is 1. The number of aliphatic hydroxyl groups is 1. The maximum atomic E-state index is 11.5. The molecule has 0 aromatic rings. The summed E-state index contributed by atoms with van der Waals surface area (Å²) in [6.07, 6.45) is 0.561. The van der Waals surface area contributed by atoms with Crippen molar-refractivity contribution in [1.29, 1.82) is 0 Å². The number of nitrogens with one attached hydrogen (secondary N) is 1. The zero-order valence-electron chi connectivity index (χ0n) is 8.76. The van der Waals surface area contributed by atoms with Gasteiger partial charge in [0.25, 0.3) is 5.91 Å². The monoisotopic (exact) mass is 189 g/mol. The summed E-state index contributed by atoms with van der Waals surface area (Å²) in [5, 5.41) is 11.4. The van der Waals surface area contributed by atoms with Crippen LogP contribution in [0, 0.1) is 0 Å². The molecule has 0 aromatic heterocycles. The molecule has 0 aliphatic carbocycles. The lowest BCUT2D eigenvalue weighted by Crippen LogP contribution is -2.47. The van der Waals surface area contributed by atoms with E-state index in [2.05, 4.69) is 5.32 Å². The number of carbonyl (C=O) groups excluding carboxylic acids is 1. The molecular weight excluding hydrogens is 170 g/mol. The third-order valence-electron chi connectivity index (χ3n) is 2.00. The number of hydrogen-bond acceptors (Lipinski definition) is 3. The van der Waals surface area contributed by atoms with Crippen molar-refractivity contribution < 1.29 is 14.6 Å². The lowest BCUT2D eigenvalue weighted by atomic mass is 10.1. The lowest BCUT2D eigenvalue weighted by Gasteiger charge is -2.24. The molecule has 0 rings (SSSR count). The van der Waals surface area contributed by atoms with Crippen molar-refractivity contribution in [3.63, 3.8) is 0 Å². The molecular formula is C9H19NO3. The highest BCUT2D eigenvalue weighted by Gasteiger charge is 2.27. The van der Waals surface area contributed by atoms with Crippen molar-refractivity contribution in [2.45, 2.75) is 38.8 Å². The average molecular weight is 189 g/mol. The van der Waals surface area contributed by atoms with Crippen LogP contribution in [-0.4, -0.2) is 36.4 Å². The van der Waals surface area contributed by atoms with Crippen LogP contribution in [0.15, 0.2) is 0 Å². The van der Waals surface area contributed by atoms with Crippen molar-refractivity contribution in [3.05, 3.63) is 0 Å². The highest BCUT2D eigenvalue weighted by molar-refractivity contribution is 5.84. The molecule has 0 radical (unpaired) electrons. The minimum atomic E-state index is -0.802. The van der Waals surface area contributed by atoms with Crippen LogP contribution in [0.1, 0.15) is 27.2 Å². The Hall–Kier alpha value is -0.610. The van der Waals surface area contributed by atoms with E-state index in [0.717, 1.165) is 0 Å². The largest absolute Gasteiger partial charge is 0.396 e. The highest BCUT2D eigenvalue weighted by Crippen LogP contribution is 2.07. The van der Waals surface area contributed by atoms with Gasteiger partial charge in [-0.05, 0) is 27.2 Å². The molecule has 13 heavy (non-hydrogen) atoms. The minimum Gasteiger partial charge on any atom is -0.396 e. The second-order valence-electron chi connectivity index (χ2n) is 3.60. The zero-order chi connectivity index (χ0) is 10.5. The summed E-state index contributed by atoms with van der Waals surface area (Å²) in [7, 11) is 1.50. The predicted octanol–water partition coefficient (Wildman–Crippen LogP) is 0.299. The Bertz CT molecular complexity index is 168. The van der Waals surface area contributed by atoms with Gasteiger partial charge in [-0.15, -0.1) is 0 Å². The van der Waals surface area contributed by atoms with Crippen molar-refractivity contribution >= 4 is 5.91 Å². The minimum absolute atomic E-state index is 0.0214.